The first-order valence-corrected chi connectivity index (χ1v) is 7.53. The van der Waals surface area contributed by atoms with Crippen molar-refractivity contribution in [2.24, 2.45) is 5.73 Å². The molecular formula is C13H20N4O2S. The molecule has 1 aliphatic rings. The third-order valence-electron chi connectivity index (χ3n) is 3.51. The molecule has 0 aromatic carbocycles. The summed E-state index contributed by atoms with van der Waals surface area (Å²) < 4.78 is 0. The molecule has 0 saturated carbocycles. The summed E-state index contributed by atoms with van der Waals surface area (Å²) in [6.07, 6.45) is 2.97. The number of fused-ring (bicyclic) bond motifs is 1. The van der Waals surface area contributed by atoms with Gasteiger partial charge in [0.15, 0.2) is 0 Å². The van der Waals surface area contributed by atoms with Crippen molar-refractivity contribution in [1.82, 2.24) is 15.2 Å². The monoisotopic (exact) mass is 296 g/mol. The van der Waals surface area contributed by atoms with Crippen LogP contribution in [0.5, 0.6) is 0 Å². The van der Waals surface area contributed by atoms with Gasteiger partial charge >= 0.3 is 0 Å². The van der Waals surface area contributed by atoms with Crippen LogP contribution < -0.4 is 11.1 Å². The lowest BCUT2D eigenvalue weighted by Crippen LogP contribution is -2.42. The van der Waals surface area contributed by atoms with Crippen LogP contribution in [0, 0.1) is 6.92 Å². The van der Waals surface area contributed by atoms with Gasteiger partial charge in [-0.15, -0.1) is 11.3 Å². The number of carbonyl (C=O) groups is 2. The number of likely N-dealkylation sites (N-methyl/N-ethyl adjacent to an activating group) is 1. The minimum Gasteiger partial charge on any atom is -0.346 e. The second-order valence-electron chi connectivity index (χ2n) is 4.94. The Balaban J connectivity index is 2.04. The van der Waals surface area contributed by atoms with E-state index in [1.165, 1.54) is 4.88 Å². The topological polar surface area (TPSA) is 88.3 Å². The Labute approximate surface area is 122 Å². The van der Waals surface area contributed by atoms with Crippen molar-refractivity contribution in [2.75, 3.05) is 20.1 Å². The largest absolute Gasteiger partial charge is 0.346 e. The molecule has 1 aliphatic carbocycles. The van der Waals surface area contributed by atoms with Gasteiger partial charge in [-0.2, -0.15) is 0 Å². The van der Waals surface area contributed by atoms with Crippen molar-refractivity contribution in [3.63, 3.8) is 0 Å². The zero-order chi connectivity index (χ0) is 14.7. The summed E-state index contributed by atoms with van der Waals surface area (Å²) in [6, 6.07) is 0.0761. The molecule has 1 aromatic rings. The quantitative estimate of drug-likeness (QED) is 0.840. The van der Waals surface area contributed by atoms with Crippen LogP contribution in [0.4, 0.5) is 0 Å². The van der Waals surface area contributed by atoms with E-state index in [0.29, 0.717) is 0 Å². The fourth-order valence-electron chi connectivity index (χ4n) is 2.43. The van der Waals surface area contributed by atoms with E-state index >= 15 is 0 Å². The third-order valence-corrected chi connectivity index (χ3v) is 4.63. The van der Waals surface area contributed by atoms with Gasteiger partial charge in [0.1, 0.15) is 0 Å². The van der Waals surface area contributed by atoms with E-state index < -0.39 is 0 Å². The second kappa shape index (κ2) is 6.32. The molecule has 6 nitrogen and oxygen atoms in total. The summed E-state index contributed by atoms with van der Waals surface area (Å²) in [5, 5.41) is 3.55. The lowest BCUT2D eigenvalue weighted by molar-refractivity contribution is -0.133. The molecule has 110 valence electrons. The fourth-order valence-corrected chi connectivity index (χ4v) is 3.59. The first-order valence-electron chi connectivity index (χ1n) is 6.71. The number of hydrogen-bond acceptors (Lipinski definition) is 5. The average molecular weight is 296 g/mol. The summed E-state index contributed by atoms with van der Waals surface area (Å²) >= 11 is 1.66. The minimum absolute atomic E-state index is 0.00382. The fraction of sp³-hybridized carbons (Fsp3) is 0.615. The second-order valence-corrected chi connectivity index (χ2v) is 6.17. The predicted octanol–water partition coefficient (Wildman–Crippen LogP) is 0.362. The van der Waals surface area contributed by atoms with Gasteiger partial charge in [0, 0.05) is 7.05 Å². The summed E-state index contributed by atoms with van der Waals surface area (Å²) in [5.74, 6) is -0.416. The van der Waals surface area contributed by atoms with Crippen molar-refractivity contribution >= 4 is 23.2 Å². The molecule has 2 rings (SSSR count). The van der Waals surface area contributed by atoms with Crippen LogP contribution in [-0.4, -0.2) is 41.8 Å². The standard InChI is InChI=1S/C13H20N4O2S/c1-8-16-9-4-3-5-10(13(9)20-8)17(2)12(19)7-15-11(18)6-14/h10H,3-7,14H2,1-2H3,(H,15,18). The Morgan fingerprint density at radius 1 is 1.55 bits per heavy atom. The molecule has 0 radical (unpaired) electrons. The number of carbonyl (C=O) groups excluding carboxylic acids is 2. The number of nitrogens with one attached hydrogen (secondary N) is 1. The maximum absolute atomic E-state index is 12.1. The summed E-state index contributed by atoms with van der Waals surface area (Å²) in [6.45, 7) is 1.89. The van der Waals surface area contributed by atoms with Crippen molar-refractivity contribution in [3.8, 4) is 0 Å². The summed E-state index contributed by atoms with van der Waals surface area (Å²) in [5.41, 5.74) is 6.32. The molecule has 1 aromatic heterocycles. The van der Waals surface area contributed by atoms with Crippen LogP contribution in [0.25, 0.3) is 0 Å². The van der Waals surface area contributed by atoms with E-state index in [1.54, 1.807) is 23.3 Å². The normalized spacial score (nSPS) is 17.4. The number of hydrogen-bond donors (Lipinski definition) is 2. The Hall–Kier alpha value is -1.47. The summed E-state index contributed by atoms with van der Waals surface area (Å²) in [4.78, 5) is 30.7. The first kappa shape index (κ1) is 14.9. The number of nitrogens with zero attached hydrogens (tertiary/aromatic N) is 2. The maximum Gasteiger partial charge on any atom is 0.242 e. The van der Waals surface area contributed by atoms with Crippen LogP contribution in [0.15, 0.2) is 0 Å². The van der Waals surface area contributed by atoms with Crippen molar-refractivity contribution in [2.45, 2.75) is 32.2 Å². The zero-order valence-electron chi connectivity index (χ0n) is 11.8. The van der Waals surface area contributed by atoms with Crippen LogP contribution in [0.3, 0.4) is 0 Å². The molecule has 20 heavy (non-hydrogen) atoms. The van der Waals surface area contributed by atoms with E-state index in [4.69, 9.17) is 5.73 Å². The highest BCUT2D eigenvalue weighted by Gasteiger charge is 2.29. The number of amides is 2. The van der Waals surface area contributed by atoms with Crippen molar-refractivity contribution in [3.05, 3.63) is 15.6 Å². The smallest absolute Gasteiger partial charge is 0.242 e. The van der Waals surface area contributed by atoms with E-state index in [-0.39, 0.29) is 30.9 Å². The molecule has 0 fully saturated rings. The molecule has 2 amide bonds. The third kappa shape index (κ3) is 3.16. The molecule has 7 heteroatoms. The van der Waals surface area contributed by atoms with Gasteiger partial charge in [-0.1, -0.05) is 0 Å². The SMILES string of the molecule is Cc1nc2c(s1)C(N(C)C(=O)CNC(=O)CN)CCC2. The van der Waals surface area contributed by atoms with Gasteiger partial charge in [0.2, 0.25) is 11.8 Å². The number of rotatable bonds is 4. The Morgan fingerprint density at radius 2 is 2.30 bits per heavy atom. The van der Waals surface area contributed by atoms with Crippen molar-refractivity contribution < 1.29 is 9.59 Å². The zero-order valence-corrected chi connectivity index (χ0v) is 12.6. The molecule has 1 heterocycles. The van der Waals surface area contributed by atoms with Crippen molar-refractivity contribution in [1.29, 1.82) is 0 Å². The van der Waals surface area contributed by atoms with Gasteiger partial charge in [-0.3, -0.25) is 9.59 Å². The number of aromatic nitrogens is 1. The average Bonchev–Trinajstić information content (AvgIpc) is 2.83. The molecule has 0 saturated heterocycles. The van der Waals surface area contributed by atoms with E-state index in [2.05, 4.69) is 10.3 Å². The number of aryl methyl sites for hydroxylation is 2. The molecule has 1 atom stereocenters. The molecule has 1 unspecified atom stereocenters. The van der Waals surface area contributed by atoms with Crippen LogP contribution in [0.2, 0.25) is 0 Å². The first-order chi connectivity index (χ1) is 9.52. The van der Waals surface area contributed by atoms with Crippen LogP contribution in [-0.2, 0) is 16.0 Å². The number of thiazole rings is 1. The van der Waals surface area contributed by atoms with Gasteiger partial charge in [-0.05, 0) is 26.2 Å². The van der Waals surface area contributed by atoms with E-state index in [1.807, 2.05) is 6.92 Å². The lowest BCUT2D eigenvalue weighted by Gasteiger charge is -2.30. The van der Waals surface area contributed by atoms with Gasteiger partial charge in [-0.25, -0.2) is 4.98 Å². The predicted molar refractivity (Wildman–Crippen MR) is 77.4 cm³/mol. The highest BCUT2D eigenvalue weighted by molar-refractivity contribution is 7.11. The molecule has 3 N–H and O–H groups in total. The van der Waals surface area contributed by atoms with Gasteiger partial charge in [0.25, 0.3) is 0 Å². The minimum atomic E-state index is -0.315. The highest BCUT2D eigenvalue weighted by atomic mass is 32.1. The van der Waals surface area contributed by atoms with Gasteiger partial charge in [0.05, 0.1) is 34.7 Å². The Kier molecular flexibility index (Phi) is 4.72. The molecule has 0 bridgehead atoms. The highest BCUT2D eigenvalue weighted by Crippen LogP contribution is 2.37. The van der Waals surface area contributed by atoms with Gasteiger partial charge < -0.3 is 16.0 Å². The lowest BCUT2D eigenvalue weighted by atomic mass is 9.97. The molecule has 0 aliphatic heterocycles. The Bertz CT molecular complexity index is 514. The molecule has 0 spiro atoms. The number of nitrogens with two attached hydrogens (primary N) is 1. The Morgan fingerprint density at radius 3 is 3.00 bits per heavy atom. The van der Waals surface area contributed by atoms with Crippen LogP contribution >= 0.6 is 11.3 Å². The van der Waals surface area contributed by atoms with Crippen LogP contribution in [0.1, 0.15) is 34.5 Å². The maximum atomic E-state index is 12.1. The molecular weight excluding hydrogens is 276 g/mol. The van der Waals surface area contributed by atoms with E-state index in [9.17, 15) is 9.59 Å². The van der Waals surface area contributed by atoms with E-state index in [0.717, 1.165) is 30.0 Å². The summed E-state index contributed by atoms with van der Waals surface area (Å²) in [7, 11) is 1.78.